The normalized spacial score (nSPS) is 25.0. The van der Waals surface area contributed by atoms with Gasteiger partial charge in [0.1, 0.15) is 0 Å². The third-order valence-corrected chi connectivity index (χ3v) is 5.97. The minimum absolute atomic E-state index is 0.0285. The Morgan fingerprint density at radius 3 is 2.83 bits per heavy atom. The summed E-state index contributed by atoms with van der Waals surface area (Å²) in [6.45, 7) is 0.773. The molecular weight excluding hydrogens is 291 g/mol. The molecule has 1 atom stereocenters. The zero-order valence-corrected chi connectivity index (χ0v) is 13.2. The fourth-order valence-corrected chi connectivity index (χ4v) is 4.66. The van der Waals surface area contributed by atoms with Crippen LogP contribution in [0.5, 0.6) is 0 Å². The lowest BCUT2D eigenvalue weighted by Gasteiger charge is -2.24. The van der Waals surface area contributed by atoms with Gasteiger partial charge in [-0.3, -0.25) is 0 Å². The average Bonchev–Trinajstić information content (AvgIpc) is 3.09. The van der Waals surface area contributed by atoms with Gasteiger partial charge < -0.3 is 14.8 Å². The molecule has 1 unspecified atom stereocenters. The predicted octanol–water partition coefficient (Wildman–Crippen LogP) is 1.39. The molecule has 1 saturated heterocycles. The smallest absolute Gasteiger partial charge is 0.423 e. The predicted molar refractivity (Wildman–Crippen MR) is 87.6 cm³/mol. The highest BCUT2D eigenvalue weighted by Crippen LogP contribution is 2.56. The van der Waals surface area contributed by atoms with Crippen molar-refractivity contribution in [2.45, 2.75) is 56.6 Å². The van der Waals surface area contributed by atoms with Crippen LogP contribution in [0.2, 0.25) is 0 Å². The second-order valence-corrected chi connectivity index (χ2v) is 7.32. The number of benzene rings is 1. The van der Waals surface area contributed by atoms with Crippen molar-refractivity contribution in [2.75, 3.05) is 6.61 Å². The largest absolute Gasteiger partial charge is 0.489 e. The average molecular weight is 312 g/mol. The van der Waals surface area contributed by atoms with Crippen molar-refractivity contribution in [1.29, 1.82) is 0 Å². The second-order valence-electron chi connectivity index (χ2n) is 7.32. The molecule has 5 nitrogen and oxygen atoms in total. The van der Waals surface area contributed by atoms with Crippen LogP contribution in [0.1, 0.15) is 55.9 Å². The van der Waals surface area contributed by atoms with E-state index in [0.717, 1.165) is 49.6 Å². The molecule has 2 heterocycles. The topological polar surface area (TPSA) is 67.5 Å². The quantitative estimate of drug-likeness (QED) is 0.823. The fourth-order valence-electron chi connectivity index (χ4n) is 4.66. The molecule has 0 bridgehead atoms. The summed E-state index contributed by atoms with van der Waals surface area (Å²) < 4.78 is 7.82. The van der Waals surface area contributed by atoms with Gasteiger partial charge in [0.15, 0.2) is 6.23 Å². The van der Waals surface area contributed by atoms with E-state index in [1.165, 1.54) is 24.0 Å². The zero-order valence-electron chi connectivity index (χ0n) is 13.2. The Hall–Kier alpha value is -1.37. The van der Waals surface area contributed by atoms with Gasteiger partial charge in [0.2, 0.25) is 0 Å². The van der Waals surface area contributed by atoms with Gasteiger partial charge in [-0.2, -0.15) is 5.10 Å². The Morgan fingerprint density at radius 1 is 1.26 bits per heavy atom. The molecule has 120 valence electrons. The lowest BCUT2D eigenvalue weighted by molar-refractivity contribution is -0.0366. The summed E-state index contributed by atoms with van der Waals surface area (Å²) >= 11 is 0. The SMILES string of the molecule is OB(O)c1c2c(cc3c1cnn3C1CCCCO1)CCC21CC1. The lowest BCUT2D eigenvalue weighted by Crippen LogP contribution is -2.36. The monoisotopic (exact) mass is 312 g/mol. The molecule has 1 saturated carbocycles. The molecule has 2 aromatic rings. The summed E-state index contributed by atoms with van der Waals surface area (Å²) in [5.41, 5.74) is 4.36. The first-order chi connectivity index (χ1) is 11.2. The van der Waals surface area contributed by atoms with Gasteiger partial charge in [-0.1, -0.05) is 0 Å². The van der Waals surface area contributed by atoms with Crippen LogP contribution in [0.3, 0.4) is 0 Å². The Balaban J connectivity index is 1.72. The first-order valence-electron chi connectivity index (χ1n) is 8.71. The fraction of sp³-hybridized carbons (Fsp3) is 0.588. The number of nitrogens with zero attached hydrogens (tertiary/aromatic N) is 2. The summed E-state index contributed by atoms with van der Waals surface area (Å²) in [5.74, 6) is 0. The molecule has 2 fully saturated rings. The van der Waals surface area contributed by atoms with E-state index in [-0.39, 0.29) is 11.6 Å². The van der Waals surface area contributed by atoms with Crippen molar-refractivity contribution in [2.24, 2.45) is 0 Å². The van der Waals surface area contributed by atoms with E-state index in [2.05, 4.69) is 11.2 Å². The molecule has 1 spiro atoms. The van der Waals surface area contributed by atoms with Crippen LogP contribution in [0, 0.1) is 0 Å². The highest BCUT2D eigenvalue weighted by molar-refractivity contribution is 6.62. The summed E-state index contributed by atoms with van der Waals surface area (Å²) in [4.78, 5) is 0. The Bertz CT molecular complexity index is 776. The summed E-state index contributed by atoms with van der Waals surface area (Å²) in [6.07, 6.45) is 9.49. The lowest BCUT2D eigenvalue weighted by atomic mass is 9.71. The molecular formula is C17H21BN2O3. The third-order valence-electron chi connectivity index (χ3n) is 5.97. The number of fused-ring (bicyclic) bond motifs is 3. The summed E-state index contributed by atoms with van der Waals surface area (Å²) in [7, 11) is -1.44. The molecule has 0 radical (unpaired) electrons. The van der Waals surface area contributed by atoms with E-state index in [1.54, 1.807) is 6.20 Å². The maximum absolute atomic E-state index is 10.1. The van der Waals surface area contributed by atoms with Crippen LogP contribution in [-0.4, -0.2) is 33.6 Å². The van der Waals surface area contributed by atoms with E-state index < -0.39 is 7.12 Å². The van der Waals surface area contributed by atoms with Crippen molar-refractivity contribution in [1.82, 2.24) is 9.78 Å². The molecule has 6 heteroatoms. The van der Waals surface area contributed by atoms with Gasteiger partial charge in [-0.25, -0.2) is 4.68 Å². The standard InChI is InChI=1S/C17H21BN2O3/c21-18(22)16-12-10-19-20(14-3-1-2-8-23-14)13(12)9-11-4-5-17(6-7-17)15(11)16/h9-10,14,21-22H,1-8H2. The number of aryl methyl sites for hydroxylation is 1. The summed E-state index contributed by atoms with van der Waals surface area (Å²) in [6, 6.07) is 2.22. The maximum Gasteiger partial charge on any atom is 0.489 e. The minimum Gasteiger partial charge on any atom is -0.423 e. The van der Waals surface area contributed by atoms with Crippen molar-refractivity contribution < 1.29 is 14.8 Å². The number of hydrogen-bond donors (Lipinski definition) is 2. The van der Waals surface area contributed by atoms with E-state index in [0.29, 0.717) is 5.46 Å². The van der Waals surface area contributed by atoms with Crippen LogP contribution in [0.4, 0.5) is 0 Å². The minimum atomic E-state index is -1.44. The molecule has 5 rings (SSSR count). The highest BCUT2D eigenvalue weighted by atomic mass is 16.5. The number of aromatic nitrogens is 2. The van der Waals surface area contributed by atoms with Crippen LogP contribution in [0.15, 0.2) is 12.3 Å². The molecule has 3 aliphatic rings. The number of hydrogen-bond acceptors (Lipinski definition) is 4. The van der Waals surface area contributed by atoms with Gasteiger partial charge >= 0.3 is 7.12 Å². The Morgan fingerprint density at radius 2 is 2.13 bits per heavy atom. The van der Waals surface area contributed by atoms with Crippen LogP contribution in [-0.2, 0) is 16.6 Å². The van der Waals surface area contributed by atoms with Crippen molar-refractivity contribution in [3.63, 3.8) is 0 Å². The maximum atomic E-state index is 10.1. The molecule has 1 aromatic carbocycles. The third kappa shape index (κ3) is 1.95. The molecule has 2 aliphatic carbocycles. The van der Waals surface area contributed by atoms with Gasteiger partial charge in [0.05, 0.1) is 11.7 Å². The first kappa shape index (κ1) is 14.0. The molecule has 23 heavy (non-hydrogen) atoms. The molecule has 0 amide bonds. The van der Waals surface area contributed by atoms with Crippen molar-refractivity contribution in [3.05, 3.63) is 23.4 Å². The van der Waals surface area contributed by atoms with E-state index in [1.807, 2.05) is 4.68 Å². The van der Waals surface area contributed by atoms with Gasteiger partial charge in [0, 0.05) is 12.0 Å². The molecule has 2 N–H and O–H groups in total. The van der Waals surface area contributed by atoms with Crippen LogP contribution in [0.25, 0.3) is 10.9 Å². The highest BCUT2D eigenvalue weighted by Gasteiger charge is 2.51. The van der Waals surface area contributed by atoms with Gasteiger partial charge in [0.25, 0.3) is 0 Å². The van der Waals surface area contributed by atoms with Gasteiger partial charge in [-0.05, 0) is 73.0 Å². The number of rotatable bonds is 2. The zero-order chi connectivity index (χ0) is 15.6. The van der Waals surface area contributed by atoms with Crippen LogP contribution >= 0.6 is 0 Å². The van der Waals surface area contributed by atoms with Crippen LogP contribution < -0.4 is 5.46 Å². The molecule has 1 aromatic heterocycles. The number of ether oxygens (including phenoxy) is 1. The van der Waals surface area contributed by atoms with E-state index >= 15 is 0 Å². The van der Waals surface area contributed by atoms with Gasteiger partial charge in [-0.15, -0.1) is 0 Å². The Kier molecular flexibility index (Phi) is 2.94. The first-order valence-corrected chi connectivity index (χ1v) is 8.71. The van der Waals surface area contributed by atoms with Crippen molar-refractivity contribution >= 4 is 23.5 Å². The van der Waals surface area contributed by atoms with E-state index in [4.69, 9.17) is 4.74 Å². The summed E-state index contributed by atoms with van der Waals surface area (Å²) in [5, 5.41) is 25.5. The molecule has 1 aliphatic heterocycles. The Labute approximate surface area is 135 Å². The second kappa shape index (κ2) is 4.82. The van der Waals surface area contributed by atoms with Crippen molar-refractivity contribution in [3.8, 4) is 0 Å². The van der Waals surface area contributed by atoms with E-state index in [9.17, 15) is 10.0 Å².